The van der Waals surface area contributed by atoms with Crippen molar-refractivity contribution in [2.45, 2.75) is 18.7 Å². The predicted molar refractivity (Wildman–Crippen MR) is 73.3 cm³/mol. The number of thioether (sulfide) groups is 1. The van der Waals surface area contributed by atoms with Crippen LogP contribution in [-0.2, 0) is 15.3 Å². The molecule has 1 rings (SSSR count). The van der Waals surface area contributed by atoms with Crippen LogP contribution in [0.4, 0.5) is 0 Å². The number of aromatic nitrogens is 1. The molecule has 0 saturated carbocycles. The van der Waals surface area contributed by atoms with Crippen molar-refractivity contribution in [1.82, 2.24) is 10.3 Å². The molecule has 1 amide bonds. The minimum absolute atomic E-state index is 0.312. The second-order valence-electron chi connectivity index (χ2n) is 3.57. The lowest BCUT2D eigenvalue weighted by Gasteiger charge is -2.12. The van der Waals surface area contributed by atoms with Gasteiger partial charge in [-0.15, -0.1) is 0 Å². The first kappa shape index (κ1) is 15.0. The Morgan fingerprint density at radius 3 is 2.78 bits per heavy atom. The Kier molecular flexibility index (Phi) is 6.14. The third kappa shape index (κ3) is 5.50. The Balaban J connectivity index is 2.41. The zero-order valence-electron chi connectivity index (χ0n) is 9.72. The van der Waals surface area contributed by atoms with E-state index in [0.29, 0.717) is 11.5 Å². The molecule has 0 spiro atoms. The molecular formula is C11H13BrN2O3S. The van der Waals surface area contributed by atoms with E-state index in [1.807, 2.05) is 12.1 Å². The van der Waals surface area contributed by atoms with Crippen LogP contribution in [0.2, 0.25) is 0 Å². The zero-order chi connectivity index (χ0) is 13.5. The molecule has 98 valence electrons. The van der Waals surface area contributed by atoms with E-state index in [9.17, 15) is 9.59 Å². The van der Waals surface area contributed by atoms with E-state index in [4.69, 9.17) is 5.11 Å². The van der Waals surface area contributed by atoms with Gasteiger partial charge in [0.2, 0.25) is 5.91 Å². The topological polar surface area (TPSA) is 79.3 Å². The number of halogens is 1. The quantitative estimate of drug-likeness (QED) is 0.828. The highest BCUT2D eigenvalue weighted by Crippen LogP contribution is 2.14. The Labute approximate surface area is 117 Å². The van der Waals surface area contributed by atoms with Crippen molar-refractivity contribution in [3.8, 4) is 0 Å². The third-order valence-electron chi connectivity index (χ3n) is 2.00. The standard InChI is InChI=1S/C11H13BrN2O3S/c1-7(15)14-10(11(16)17)6-18-5-9-3-2-8(12)4-13-9/h2-4,10H,5-6H2,1H3,(H,14,15)(H,16,17). The maximum Gasteiger partial charge on any atom is 0.327 e. The average molecular weight is 333 g/mol. The van der Waals surface area contributed by atoms with E-state index >= 15 is 0 Å². The van der Waals surface area contributed by atoms with Gasteiger partial charge in [-0.25, -0.2) is 4.79 Å². The van der Waals surface area contributed by atoms with Crippen LogP contribution in [-0.4, -0.2) is 33.8 Å². The van der Waals surface area contributed by atoms with Gasteiger partial charge in [0.15, 0.2) is 0 Å². The molecule has 7 heteroatoms. The van der Waals surface area contributed by atoms with Crippen LogP contribution in [0.15, 0.2) is 22.8 Å². The van der Waals surface area contributed by atoms with Crippen molar-refractivity contribution in [2.24, 2.45) is 0 Å². The van der Waals surface area contributed by atoms with Crippen molar-refractivity contribution >= 4 is 39.6 Å². The largest absolute Gasteiger partial charge is 0.480 e. The summed E-state index contributed by atoms with van der Waals surface area (Å²) in [5, 5.41) is 11.3. The molecular weight excluding hydrogens is 320 g/mol. The van der Waals surface area contributed by atoms with Gasteiger partial charge in [0, 0.05) is 29.1 Å². The number of amides is 1. The minimum atomic E-state index is -1.03. The highest BCUT2D eigenvalue weighted by molar-refractivity contribution is 9.10. The van der Waals surface area contributed by atoms with E-state index < -0.39 is 12.0 Å². The number of carboxylic acids is 1. The molecule has 18 heavy (non-hydrogen) atoms. The molecule has 2 N–H and O–H groups in total. The van der Waals surface area contributed by atoms with Crippen molar-refractivity contribution in [1.29, 1.82) is 0 Å². The number of aliphatic carboxylic acids is 1. The van der Waals surface area contributed by atoms with Gasteiger partial charge in [-0.3, -0.25) is 9.78 Å². The van der Waals surface area contributed by atoms with E-state index in [1.165, 1.54) is 18.7 Å². The van der Waals surface area contributed by atoms with Gasteiger partial charge in [0.25, 0.3) is 0 Å². The maximum absolute atomic E-state index is 10.9. The summed E-state index contributed by atoms with van der Waals surface area (Å²) >= 11 is 4.71. The minimum Gasteiger partial charge on any atom is -0.480 e. The van der Waals surface area contributed by atoms with Crippen LogP contribution in [0.5, 0.6) is 0 Å². The molecule has 1 aromatic rings. The number of pyridine rings is 1. The van der Waals surface area contributed by atoms with E-state index in [2.05, 4.69) is 26.2 Å². The fourth-order valence-electron chi connectivity index (χ4n) is 1.19. The van der Waals surface area contributed by atoms with E-state index in [0.717, 1.165) is 10.2 Å². The highest BCUT2D eigenvalue weighted by Gasteiger charge is 2.17. The number of nitrogens with zero attached hydrogens (tertiary/aromatic N) is 1. The molecule has 0 fully saturated rings. The van der Waals surface area contributed by atoms with E-state index in [1.54, 1.807) is 6.20 Å². The first-order valence-electron chi connectivity index (χ1n) is 5.17. The Bertz CT molecular complexity index is 425. The van der Waals surface area contributed by atoms with Crippen LogP contribution in [0, 0.1) is 0 Å². The molecule has 0 saturated heterocycles. The first-order valence-corrected chi connectivity index (χ1v) is 7.12. The molecule has 1 atom stereocenters. The van der Waals surface area contributed by atoms with Crippen molar-refractivity contribution < 1.29 is 14.7 Å². The molecule has 5 nitrogen and oxygen atoms in total. The summed E-state index contributed by atoms with van der Waals surface area (Å²) in [4.78, 5) is 25.9. The van der Waals surface area contributed by atoms with Crippen LogP contribution < -0.4 is 5.32 Å². The average Bonchev–Trinajstić information content (AvgIpc) is 2.29. The monoisotopic (exact) mass is 332 g/mol. The number of carboxylic acid groups (broad SMARTS) is 1. The van der Waals surface area contributed by atoms with Crippen LogP contribution in [0.1, 0.15) is 12.6 Å². The summed E-state index contributed by atoms with van der Waals surface area (Å²) in [5.74, 6) is -0.449. The summed E-state index contributed by atoms with van der Waals surface area (Å²) in [6.45, 7) is 1.30. The number of carbonyl (C=O) groups is 2. The molecule has 1 heterocycles. The van der Waals surface area contributed by atoms with E-state index in [-0.39, 0.29) is 5.91 Å². The lowest BCUT2D eigenvalue weighted by atomic mass is 10.3. The van der Waals surface area contributed by atoms with Gasteiger partial charge in [0.1, 0.15) is 6.04 Å². The van der Waals surface area contributed by atoms with Gasteiger partial charge in [-0.2, -0.15) is 11.8 Å². The Hall–Kier alpha value is -1.08. The number of carbonyl (C=O) groups excluding carboxylic acids is 1. The molecule has 0 aliphatic heterocycles. The smallest absolute Gasteiger partial charge is 0.327 e. The van der Waals surface area contributed by atoms with Crippen LogP contribution in [0.25, 0.3) is 0 Å². The number of hydrogen-bond donors (Lipinski definition) is 2. The first-order chi connectivity index (χ1) is 8.49. The lowest BCUT2D eigenvalue weighted by molar-refractivity contribution is -0.140. The molecule has 0 bridgehead atoms. The summed E-state index contributed by atoms with van der Waals surface area (Å²) in [7, 11) is 0. The summed E-state index contributed by atoms with van der Waals surface area (Å²) in [6, 6.07) is 2.89. The SMILES string of the molecule is CC(=O)NC(CSCc1ccc(Br)cn1)C(=O)O. The molecule has 0 radical (unpaired) electrons. The number of nitrogens with one attached hydrogen (secondary N) is 1. The zero-order valence-corrected chi connectivity index (χ0v) is 12.1. The van der Waals surface area contributed by atoms with Gasteiger partial charge in [-0.1, -0.05) is 0 Å². The summed E-state index contributed by atoms with van der Waals surface area (Å²) in [5.41, 5.74) is 0.871. The normalized spacial score (nSPS) is 11.9. The number of hydrogen-bond acceptors (Lipinski definition) is 4. The second-order valence-corrected chi connectivity index (χ2v) is 5.52. The van der Waals surface area contributed by atoms with Crippen LogP contribution >= 0.6 is 27.7 Å². The van der Waals surface area contributed by atoms with Gasteiger partial charge in [0.05, 0.1) is 5.69 Å². The van der Waals surface area contributed by atoms with Crippen LogP contribution in [0.3, 0.4) is 0 Å². The van der Waals surface area contributed by atoms with Crippen molar-refractivity contribution in [2.75, 3.05) is 5.75 Å². The molecule has 0 aromatic carbocycles. The molecule has 1 aromatic heterocycles. The van der Waals surface area contributed by atoms with Crippen molar-refractivity contribution in [3.05, 3.63) is 28.5 Å². The van der Waals surface area contributed by atoms with Crippen molar-refractivity contribution in [3.63, 3.8) is 0 Å². The molecule has 0 aliphatic rings. The van der Waals surface area contributed by atoms with Gasteiger partial charge < -0.3 is 10.4 Å². The molecule has 1 unspecified atom stereocenters. The summed E-state index contributed by atoms with van der Waals surface area (Å²) in [6.07, 6.45) is 1.69. The fourth-order valence-corrected chi connectivity index (χ4v) is 2.39. The third-order valence-corrected chi connectivity index (χ3v) is 3.54. The Morgan fingerprint density at radius 2 is 2.28 bits per heavy atom. The molecule has 0 aliphatic carbocycles. The van der Waals surface area contributed by atoms with Gasteiger partial charge in [-0.05, 0) is 28.1 Å². The fraction of sp³-hybridized carbons (Fsp3) is 0.364. The van der Waals surface area contributed by atoms with Gasteiger partial charge >= 0.3 is 5.97 Å². The second kappa shape index (κ2) is 7.38. The summed E-state index contributed by atoms with van der Waals surface area (Å²) < 4.78 is 0.901. The Morgan fingerprint density at radius 1 is 1.56 bits per heavy atom. The number of rotatable bonds is 6. The predicted octanol–water partition coefficient (Wildman–Crippen LogP) is 1.67. The lowest BCUT2D eigenvalue weighted by Crippen LogP contribution is -2.41. The maximum atomic E-state index is 10.9. The highest BCUT2D eigenvalue weighted by atomic mass is 79.9.